The monoisotopic (exact) mass is 602 g/mol. The molecule has 0 aliphatic carbocycles. The molecule has 6 rings (SSSR count). The van der Waals surface area contributed by atoms with Gasteiger partial charge in [-0.1, -0.05) is 19.3 Å². The topological polar surface area (TPSA) is 0 Å². The van der Waals surface area contributed by atoms with Crippen molar-refractivity contribution in [2.24, 2.45) is 11.8 Å². The number of fused-ring (bicyclic) bond motifs is 6. The van der Waals surface area contributed by atoms with Gasteiger partial charge in [0.1, 0.15) is 0 Å². The molecule has 2 nitrogen and oxygen atoms in total. The molecular weight excluding hydrogens is 558 g/mol. The van der Waals surface area contributed by atoms with E-state index in [1.807, 2.05) is 0 Å². The van der Waals surface area contributed by atoms with Crippen molar-refractivity contribution in [1.29, 1.82) is 0 Å². The summed E-state index contributed by atoms with van der Waals surface area (Å²) < 4.78 is 3.02. The van der Waals surface area contributed by atoms with Crippen molar-refractivity contribution in [3.63, 3.8) is 0 Å². The summed E-state index contributed by atoms with van der Waals surface area (Å²) in [6, 6.07) is 0. The second-order valence-electron chi connectivity index (χ2n) is 10.4. The van der Waals surface area contributed by atoms with E-state index in [2.05, 4.69) is 0 Å². The van der Waals surface area contributed by atoms with E-state index < -0.39 is 0 Å². The number of halogens is 2. The summed E-state index contributed by atoms with van der Waals surface area (Å²) in [5, 5.41) is 0. The Morgan fingerprint density at radius 1 is 0.407 bits per heavy atom. The van der Waals surface area contributed by atoms with Crippen molar-refractivity contribution in [2.75, 3.05) is 52.4 Å². The summed E-state index contributed by atoms with van der Waals surface area (Å²) in [4.78, 5) is 0. The largest absolute Gasteiger partial charge is 1.00 e. The van der Waals surface area contributed by atoms with E-state index in [1.54, 1.807) is 38.5 Å². The molecule has 0 N–H and O–H groups in total. The van der Waals surface area contributed by atoms with Crippen LogP contribution in [0.3, 0.4) is 0 Å². The molecule has 0 spiro atoms. The highest BCUT2D eigenvalue weighted by Crippen LogP contribution is 2.35. The standard InChI is InChI=1S/C23H44N2.2HI/c1(2-4-6-14-24-16-8-22(9-17-24)10-18-24)3-5-7-15-25-19-11-23(12-20-25)13-21-25;;/h22-23H,1-21H2;2*1H/q+2;;/p-2. The fourth-order valence-corrected chi connectivity index (χ4v) is 6.72. The van der Waals surface area contributed by atoms with E-state index in [9.17, 15) is 0 Å². The average Bonchev–Trinajstić information content (AvgIpc) is 2.69. The highest BCUT2D eigenvalue weighted by Gasteiger charge is 2.39. The highest BCUT2D eigenvalue weighted by atomic mass is 127. The molecule has 0 atom stereocenters. The van der Waals surface area contributed by atoms with Crippen LogP contribution in [-0.2, 0) is 0 Å². The zero-order valence-corrected chi connectivity index (χ0v) is 22.0. The average molecular weight is 602 g/mol. The van der Waals surface area contributed by atoms with Crippen molar-refractivity contribution < 1.29 is 56.9 Å². The summed E-state index contributed by atoms with van der Waals surface area (Å²) in [5.74, 6) is 2.23. The molecule has 6 aliphatic rings. The maximum Gasteiger partial charge on any atom is 0.0789 e. The maximum absolute atomic E-state index is 1.54. The van der Waals surface area contributed by atoms with Crippen molar-refractivity contribution in [2.45, 2.75) is 83.5 Å². The van der Waals surface area contributed by atoms with Crippen molar-refractivity contribution in [3.05, 3.63) is 0 Å². The lowest BCUT2D eigenvalue weighted by atomic mass is 9.85. The molecule has 0 aromatic carbocycles. The first kappa shape index (κ1) is 24.6. The molecule has 4 bridgehead atoms. The fraction of sp³-hybridized carbons (Fsp3) is 1.00. The van der Waals surface area contributed by atoms with Crippen LogP contribution in [0.15, 0.2) is 0 Å². The van der Waals surface area contributed by atoms with Gasteiger partial charge in [0, 0.05) is 0 Å². The normalized spacial score (nSPS) is 36.9. The van der Waals surface area contributed by atoms with Crippen LogP contribution < -0.4 is 48.0 Å². The molecule has 160 valence electrons. The molecular formula is C23H44I2N2. The third-order valence-electron chi connectivity index (χ3n) is 8.84. The Bertz CT molecular complexity index is 347. The first-order chi connectivity index (χ1) is 12.3. The first-order valence-electron chi connectivity index (χ1n) is 12.0. The summed E-state index contributed by atoms with van der Waals surface area (Å²) in [7, 11) is 0. The Morgan fingerprint density at radius 3 is 0.963 bits per heavy atom. The van der Waals surface area contributed by atoms with Gasteiger partial charge in [0.25, 0.3) is 0 Å². The summed E-state index contributed by atoms with van der Waals surface area (Å²) in [6.45, 7) is 12.1. The second-order valence-corrected chi connectivity index (χ2v) is 10.4. The number of hydrogen-bond acceptors (Lipinski definition) is 0. The van der Waals surface area contributed by atoms with Crippen molar-refractivity contribution in [1.82, 2.24) is 0 Å². The molecule has 27 heavy (non-hydrogen) atoms. The molecule has 0 aromatic rings. The molecule has 0 saturated carbocycles. The Balaban J connectivity index is 0.00000131. The SMILES string of the molecule is C(CCCC[N+]12CCC(CC1)CC2)CCCC[N+]12CCC(CC1)CC2.[I-].[I-]. The minimum absolute atomic E-state index is 0. The molecule has 0 amide bonds. The lowest BCUT2D eigenvalue weighted by Crippen LogP contribution is -3.00. The highest BCUT2D eigenvalue weighted by molar-refractivity contribution is 4.72. The maximum atomic E-state index is 1.54. The lowest BCUT2D eigenvalue weighted by Gasteiger charge is -2.49. The van der Waals surface area contributed by atoms with Crippen LogP contribution in [0.25, 0.3) is 0 Å². The fourth-order valence-electron chi connectivity index (χ4n) is 6.72. The van der Waals surface area contributed by atoms with Crippen LogP contribution in [0.4, 0.5) is 0 Å². The summed E-state index contributed by atoms with van der Waals surface area (Å²) in [5.41, 5.74) is 0. The third-order valence-corrected chi connectivity index (χ3v) is 8.84. The van der Waals surface area contributed by atoms with Gasteiger partial charge in [-0.2, -0.15) is 0 Å². The van der Waals surface area contributed by atoms with Crippen LogP contribution in [0.1, 0.15) is 83.5 Å². The van der Waals surface area contributed by atoms with Gasteiger partial charge in [-0.15, -0.1) is 0 Å². The predicted octanol–water partition coefficient (Wildman–Crippen LogP) is -1.01. The van der Waals surface area contributed by atoms with E-state index in [0.717, 1.165) is 11.8 Å². The zero-order chi connectivity index (χ0) is 17.0. The van der Waals surface area contributed by atoms with Crippen molar-refractivity contribution >= 4 is 0 Å². The van der Waals surface area contributed by atoms with Gasteiger partial charge in [0.15, 0.2) is 0 Å². The van der Waals surface area contributed by atoms with Crippen LogP contribution >= 0.6 is 0 Å². The van der Waals surface area contributed by atoms with Gasteiger partial charge in [0.2, 0.25) is 0 Å². The Labute approximate surface area is 203 Å². The Kier molecular flexibility index (Phi) is 10.7. The van der Waals surface area contributed by atoms with E-state index >= 15 is 0 Å². The van der Waals surface area contributed by atoms with Gasteiger partial charge >= 0.3 is 0 Å². The number of nitrogens with zero attached hydrogens (tertiary/aromatic N) is 2. The second kappa shape index (κ2) is 11.7. The third kappa shape index (κ3) is 6.68. The number of piperidine rings is 6. The number of rotatable bonds is 10. The molecule has 0 radical (unpaired) electrons. The number of hydrogen-bond donors (Lipinski definition) is 0. The van der Waals surface area contributed by atoms with Crippen LogP contribution in [0.2, 0.25) is 0 Å². The summed E-state index contributed by atoms with van der Waals surface area (Å²) in [6.07, 6.45) is 19.8. The molecule has 0 unspecified atom stereocenters. The van der Waals surface area contributed by atoms with Crippen LogP contribution in [0.5, 0.6) is 0 Å². The van der Waals surface area contributed by atoms with Crippen LogP contribution in [-0.4, -0.2) is 61.3 Å². The summed E-state index contributed by atoms with van der Waals surface area (Å²) >= 11 is 0. The molecule has 0 aromatic heterocycles. The van der Waals surface area contributed by atoms with E-state index in [0.29, 0.717) is 0 Å². The van der Waals surface area contributed by atoms with E-state index in [1.165, 1.54) is 106 Å². The molecule has 6 aliphatic heterocycles. The number of quaternary nitrogens is 2. The zero-order valence-electron chi connectivity index (χ0n) is 17.7. The van der Waals surface area contributed by atoms with Gasteiger partial charge < -0.3 is 56.9 Å². The van der Waals surface area contributed by atoms with E-state index in [4.69, 9.17) is 0 Å². The minimum atomic E-state index is 0. The van der Waals surface area contributed by atoms with Gasteiger partial charge in [-0.05, 0) is 76.0 Å². The van der Waals surface area contributed by atoms with Gasteiger partial charge in [-0.25, -0.2) is 0 Å². The number of unbranched alkanes of at least 4 members (excludes halogenated alkanes) is 6. The quantitative estimate of drug-likeness (QED) is 0.171. The molecule has 4 heteroatoms. The predicted molar refractivity (Wildman–Crippen MR) is 106 cm³/mol. The Morgan fingerprint density at radius 2 is 0.667 bits per heavy atom. The minimum Gasteiger partial charge on any atom is -1.00 e. The van der Waals surface area contributed by atoms with E-state index in [-0.39, 0.29) is 48.0 Å². The Hall–Kier alpha value is 1.38. The van der Waals surface area contributed by atoms with Gasteiger partial charge in [-0.3, -0.25) is 0 Å². The van der Waals surface area contributed by atoms with Crippen molar-refractivity contribution in [3.8, 4) is 0 Å². The lowest BCUT2D eigenvalue weighted by molar-refractivity contribution is -0.942. The molecule has 6 heterocycles. The smallest absolute Gasteiger partial charge is 0.0789 e. The first-order valence-corrected chi connectivity index (χ1v) is 12.0. The molecule has 6 fully saturated rings. The van der Waals surface area contributed by atoms with Crippen LogP contribution in [0, 0.1) is 11.8 Å². The van der Waals surface area contributed by atoms with Gasteiger partial charge in [0.05, 0.1) is 52.4 Å². The molecule has 6 saturated heterocycles.